The quantitative estimate of drug-likeness (QED) is 0.759. The fourth-order valence-electron chi connectivity index (χ4n) is 1.54. The van der Waals surface area contributed by atoms with Crippen LogP contribution in [0.2, 0.25) is 0 Å². The predicted octanol–water partition coefficient (Wildman–Crippen LogP) is 2.02. The predicted molar refractivity (Wildman–Crippen MR) is 52.0 cm³/mol. The molecule has 0 saturated heterocycles. The highest BCUT2D eigenvalue weighted by atomic mass is 16.1. The lowest BCUT2D eigenvalue weighted by molar-refractivity contribution is 0.461. The lowest BCUT2D eigenvalue weighted by Crippen LogP contribution is -2.19. The Bertz CT molecular complexity index is 346. The Morgan fingerprint density at radius 3 is 2.92 bits per heavy atom. The van der Waals surface area contributed by atoms with E-state index in [1.54, 1.807) is 10.7 Å². The molecule has 0 radical (unpaired) electrons. The van der Waals surface area contributed by atoms with Gasteiger partial charge in [-0.1, -0.05) is 6.92 Å². The van der Waals surface area contributed by atoms with Crippen molar-refractivity contribution >= 4 is 0 Å². The van der Waals surface area contributed by atoms with Crippen molar-refractivity contribution in [1.29, 1.82) is 0 Å². The summed E-state index contributed by atoms with van der Waals surface area (Å²) in [6.45, 7) is 4.16. The molecule has 1 aliphatic carbocycles. The normalized spacial score (nSPS) is 18.9. The van der Waals surface area contributed by atoms with Gasteiger partial charge >= 0.3 is 0 Å². The maximum atomic E-state index is 11.5. The Morgan fingerprint density at radius 1 is 1.69 bits per heavy atom. The zero-order valence-corrected chi connectivity index (χ0v) is 8.21. The van der Waals surface area contributed by atoms with E-state index in [2.05, 4.69) is 18.9 Å². The van der Waals surface area contributed by atoms with Gasteiger partial charge in [0.15, 0.2) is 0 Å². The van der Waals surface area contributed by atoms with E-state index in [0.29, 0.717) is 12.0 Å². The van der Waals surface area contributed by atoms with Crippen LogP contribution in [0.15, 0.2) is 10.9 Å². The molecule has 0 spiro atoms. The van der Waals surface area contributed by atoms with E-state index >= 15 is 0 Å². The molecule has 1 heterocycles. The first-order chi connectivity index (χ1) is 6.22. The summed E-state index contributed by atoms with van der Waals surface area (Å²) < 4.78 is 1.74. The van der Waals surface area contributed by atoms with Gasteiger partial charge in [0.25, 0.3) is 5.56 Å². The van der Waals surface area contributed by atoms with Gasteiger partial charge in [0, 0.05) is 17.7 Å². The molecular formula is C10H16N2O. The molecule has 0 aromatic carbocycles. The monoisotopic (exact) mass is 180 g/mol. The minimum atomic E-state index is 0.122. The van der Waals surface area contributed by atoms with Crippen molar-refractivity contribution in [3.63, 3.8) is 0 Å². The van der Waals surface area contributed by atoms with Crippen LogP contribution in [0.25, 0.3) is 0 Å². The highest BCUT2D eigenvalue weighted by Crippen LogP contribution is 2.38. The molecule has 0 aliphatic heterocycles. The van der Waals surface area contributed by atoms with Crippen LogP contribution in [0.1, 0.15) is 50.8 Å². The fraction of sp³-hybridized carbons (Fsp3) is 0.700. The first-order valence-electron chi connectivity index (χ1n) is 5.03. The van der Waals surface area contributed by atoms with Crippen molar-refractivity contribution in [2.45, 2.75) is 45.1 Å². The third-order valence-corrected chi connectivity index (χ3v) is 2.81. The van der Waals surface area contributed by atoms with E-state index in [1.165, 1.54) is 12.8 Å². The van der Waals surface area contributed by atoms with Gasteiger partial charge in [0.1, 0.15) is 0 Å². The largest absolute Gasteiger partial charge is 0.299 e. The second-order valence-electron chi connectivity index (χ2n) is 3.95. The first kappa shape index (κ1) is 8.60. The standard InChI is InChI=1S/C10H16N2O/c1-3-7(2)12-10(13)6-9(11-12)8-4-5-8/h6-8,11H,3-5H2,1-2H3. The van der Waals surface area contributed by atoms with Gasteiger partial charge in [-0.3, -0.25) is 14.6 Å². The van der Waals surface area contributed by atoms with Crippen LogP contribution < -0.4 is 5.56 Å². The van der Waals surface area contributed by atoms with Gasteiger partial charge in [-0.05, 0) is 26.2 Å². The van der Waals surface area contributed by atoms with Crippen LogP contribution in [0, 0.1) is 0 Å². The van der Waals surface area contributed by atoms with Gasteiger partial charge in [-0.25, -0.2) is 0 Å². The van der Waals surface area contributed by atoms with Crippen molar-refractivity contribution in [2.75, 3.05) is 0 Å². The van der Waals surface area contributed by atoms with E-state index < -0.39 is 0 Å². The number of nitrogens with one attached hydrogen (secondary N) is 1. The molecule has 2 rings (SSSR count). The summed E-state index contributed by atoms with van der Waals surface area (Å²) >= 11 is 0. The van der Waals surface area contributed by atoms with E-state index in [9.17, 15) is 4.79 Å². The summed E-state index contributed by atoms with van der Waals surface area (Å²) in [6.07, 6.45) is 3.46. The zero-order chi connectivity index (χ0) is 9.42. The summed E-state index contributed by atoms with van der Waals surface area (Å²) in [6, 6.07) is 2.05. The van der Waals surface area contributed by atoms with Crippen LogP contribution in [0.4, 0.5) is 0 Å². The molecule has 3 heteroatoms. The number of aromatic amines is 1. The molecule has 1 saturated carbocycles. The van der Waals surface area contributed by atoms with E-state index in [4.69, 9.17) is 0 Å². The van der Waals surface area contributed by atoms with Crippen LogP contribution in [-0.4, -0.2) is 9.78 Å². The highest BCUT2D eigenvalue weighted by molar-refractivity contribution is 5.12. The van der Waals surface area contributed by atoms with Crippen molar-refractivity contribution in [3.8, 4) is 0 Å². The Morgan fingerprint density at radius 2 is 2.38 bits per heavy atom. The van der Waals surface area contributed by atoms with Gasteiger partial charge in [0.05, 0.1) is 6.04 Å². The minimum absolute atomic E-state index is 0.122. The summed E-state index contributed by atoms with van der Waals surface area (Å²) in [5.74, 6) is 0.637. The molecule has 1 aliphatic rings. The molecule has 1 aromatic rings. The first-order valence-corrected chi connectivity index (χ1v) is 5.03. The van der Waals surface area contributed by atoms with Crippen molar-refractivity contribution in [2.24, 2.45) is 0 Å². The summed E-state index contributed by atoms with van der Waals surface area (Å²) in [4.78, 5) is 11.5. The van der Waals surface area contributed by atoms with Crippen molar-refractivity contribution in [1.82, 2.24) is 9.78 Å². The Labute approximate surface area is 77.7 Å². The maximum Gasteiger partial charge on any atom is 0.266 e. The molecule has 0 amide bonds. The molecular weight excluding hydrogens is 164 g/mol. The third-order valence-electron chi connectivity index (χ3n) is 2.81. The van der Waals surface area contributed by atoms with Crippen molar-refractivity contribution in [3.05, 3.63) is 22.1 Å². The fourth-order valence-corrected chi connectivity index (χ4v) is 1.54. The van der Waals surface area contributed by atoms with E-state index in [0.717, 1.165) is 12.1 Å². The number of hydrogen-bond acceptors (Lipinski definition) is 1. The smallest absolute Gasteiger partial charge is 0.266 e. The van der Waals surface area contributed by atoms with Gasteiger partial charge in [0.2, 0.25) is 0 Å². The number of aromatic nitrogens is 2. The van der Waals surface area contributed by atoms with Crippen molar-refractivity contribution < 1.29 is 0 Å². The Kier molecular flexibility index (Phi) is 2.02. The minimum Gasteiger partial charge on any atom is -0.299 e. The number of rotatable bonds is 3. The Balaban J connectivity index is 2.29. The van der Waals surface area contributed by atoms with Gasteiger partial charge in [-0.2, -0.15) is 0 Å². The van der Waals surface area contributed by atoms with Crippen LogP contribution in [0.5, 0.6) is 0 Å². The molecule has 0 bridgehead atoms. The lowest BCUT2D eigenvalue weighted by atomic mass is 10.3. The van der Waals surface area contributed by atoms with Crippen LogP contribution in [-0.2, 0) is 0 Å². The molecule has 3 nitrogen and oxygen atoms in total. The SMILES string of the molecule is CCC(C)n1[nH]c(C2CC2)cc1=O. The van der Waals surface area contributed by atoms with E-state index in [-0.39, 0.29) is 5.56 Å². The molecule has 1 atom stereocenters. The third kappa shape index (κ3) is 1.55. The molecule has 1 fully saturated rings. The number of nitrogens with zero attached hydrogens (tertiary/aromatic N) is 1. The molecule has 1 N–H and O–H groups in total. The zero-order valence-electron chi connectivity index (χ0n) is 8.21. The number of hydrogen-bond donors (Lipinski definition) is 1. The Hall–Kier alpha value is -0.990. The summed E-state index contributed by atoms with van der Waals surface area (Å²) in [7, 11) is 0. The average Bonchev–Trinajstić information content (AvgIpc) is 2.89. The average molecular weight is 180 g/mol. The molecule has 1 unspecified atom stereocenters. The molecule has 72 valence electrons. The van der Waals surface area contributed by atoms with Gasteiger partial charge in [-0.15, -0.1) is 0 Å². The second-order valence-corrected chi connectivity index (χ2v) is 3.95. The number of H-pyrrole nitrogens is 1. The topological polar surface area (TPSA) is 37.8 Å². The second kappa shape index (κ2) is 3.05. The molecule has 13 heavy (non-hydrogen) atoms. The van der Waals surface area contributed by atoms with Crippen LogP contribution >= 0.6 is 0 Å². The van der Waals surface area contributed by atoms with E-state index in [1.807, 2.05) is 0 Å². The highest BCUT2D eigenvalue weighted by Gasteiger charge is 2.26. The lowest BCUT2D eigenvalue weighted by Gasteiger charge is -2.08. The maximum absolute atomic E-state index is 11.5. The summed E-state index contributed by atoms with van der Waals surface area (Å²) in [5.41, 5.74) is 1.25. The van der Waals surface area contributed by atoms with Gasteiger partial charge < -0.3 is 0 Å². The summed E-state index contributed by atoms with van der Waals surface area (Å²) in [5, 5.41) is 3.20. The van der Waals surface area contributed by atoms with Crippen LogP contribution in [0.3, 0.4) is 0 Å². The molecule has 1 aromatic heterocycles.